The monoisotopic (exact) mass is 313 g/mol. The predicted octanol–water partition coefficient (Wildman–Crippen LogP) is 0.157. The van der Waals surface area contributed by atoms with Crippen LogP contribution in [-0.2, 0) is 0 Å². The number of hydrogen-bond acceptors (Lipinski definition) is 5. The van der Waals surface area contributed by atoms with E-state index in [0.717, 1.165) is 26.2 Å². The number of carbonyl (C=O) groups is 1. The summed E-state index contributed by atoms with van der Waals surface area (Å²) in [6.45, 7) is 1.91. The van der Waals surface area contributed by atoms with Gasteiger partial charge in [-0.05, 0) is 19.2 Å². The molecule has 22 heavy (non-hydrogen) atoms. The van der Waals surface area contributed by atoms with Crippen LogP contribution in [0, 0.1) is 0 Å². The molecule has 1 amide bonds. The zero-order chi connectivity index (χ0) is 16.2. The fourth-order valence-electron chi connectivity index (χ4n) is 2.15. The number of anilines is 1. The Labute approximate surface area is 128 Å². The SMILES string of the molecule is CN1CCN(c2cc(C(=O)NCC(F)(F)CN)ccn2)CC1. The first-order valence-electron chi connectivity index (χ1n) is 7.17. The van der Waals surface area contributed by atoms with Gasteiger partial charge in [0.2, 0.25) is 0 Å². The molecule has 6 nitrogen and oxygen atoms in total. The topological polar surface area (TPSA) is 74.5 Å². The van der Waals surface area contributed by atoms with E-state index in [1.807, 2.05) is 7.05 Å². The van der Waals surface area contributed by atoms with Crippen molar-refractivity contribution in [1.29, 1.82) is 0 Å². The summed E-state index contributed by atoms with van der Waals surface area (Å²) >= 11 is 0. The number of amides is 1. The smallest absolute Gasteiger partial charge is 0.277 e. The number of aromatic nitrogens is 1. The molecule has 1 aliphatic rings. The van der Waals surface area contributed by atoms with Gasteiger partial charge in [0, 0.05) is 37.9 Å². The van der Waals surface area contributed by atoms with Crippen LogP contribution in [0.3, 0.4) is 0 Å². The number of nitrogens with one attached hydrogen (secondary N) is 1. The maximum Gasteiger partial charge on any atom is 0.277 e. The van der Waals surface area contributed by atoms with Crippen molar-refractivity contribution in [2.75, 3.05) is 51.2 Å². The normalized spacial score (nSPS) is 16.6. The van der Waals surface area contributed by atoms with E-state index in [2.05, 4.69) is 20.1 Å². The summed E-state index contributed by atoms with van der Waals surface area (Å²) in [5.74, 6) is -2.96. The number of nitrogens with zero attached hydrogens (tertiary/aromatic N) is 3. The van der Waals surface area contributed by atoms with Crippen molar-refractivity contribution in [3.8, 4) is 0 Å². The van der Waals surface area contributed by atoms with E-state index in [4.69, 9.17) is 5.73 Å². The number of nitrogens with two attached hydrogens (primary N) is 1. The van der Waals surface area contributed by atoms with Crippen LogP contribution in [0.1, 0.15) is 10.4 Å². The molecule has 0 bridgehead atoms. The van der Waals surface area contributed by atoms with Crippen molar-refractivity contribution < 1.29 is 13.6 Å². The van der Waals surface area contributed by atoms with Crippen molar-refractivity contribution in [1.82, 2.24) is 15.2 Å². The van der Waals surface area contributed by atoms with E-state index in [0.29, 0.717) is 11.4 Å². The molecule has 0 aromatic carbocycles. The molecule has 0 spiro atoms. The van der Waals surface area contributed by atoms with E-state index in [1.165, 1.54) is 12.3 Å². The van der Waals surface area contributed by atoms with E-state index in [1.54, 1.807) is 6.07 Å². The largest absolute Gasteiger partial charge is 0.354 e. The molecular weight excluding hydrogens is 292 g/mol. The second kappa shape index (κ2) is 6.97. The molecule has 1 saturated heterocycles. The lowest BCUT2D eigenvalue weighted by Gasteiger charge is -2.33. The van der Waals surface area contributed by atoms with Gasteiger partial charge in [0.05, 0.1) is 13.1 Å². The zero-order valence-corrected chi connectivity index (χ0v) is 12.6. The second-order valence-electron chi connectivity index (χ2n) is 5.44. The Bertz CT molecular complexity index is 518. The highest BCUT2D eigenvalue weighted by molar-refractivity contribution is 5.94. The fourth-order valence-corrected chi connectivity index (χ4v) is 2.15. The van der Waals surface area contributed by atoms with Gasteiger partial charge in [-0.2, -0.15) is 0 Å². The molecular formula is C14H21F2N5O. The van der Waals surface area contributed by atoms with Crippen molar-refractivity contribution in [2.24, 2.45) is 5.73 Å². The number of piperazine rings is 1. The van der Waals surface area contributed by atoms with Crippen molar-refractivity contribution >= 4 is 11.7 Å². The summed E-state index contributed by atoms with van der Waals surface area (Å²) in [5, 5.41) is 2.20. The lowest BCUT2D eigenvalue weighted by atomic mass is 10.2. The van der Waals surface area contributed by atoms with E-state index >= 15 is 0 Å². The second-order valence-corrected chi connectivity index (χ2v) is 5.44. The maximum atomic E-state index is 13.1. The standard InChI is InChI=1S/C14H21F2N5O/c1-20-4-6-21(7-5-20)12-8-11(2-3-18-12)13(22)19-10-14(15,16)9-17/h2-3,8H,4-7,9-10,17H2,1H3,(H,19,22). The number of pyridine rings is 1. The minimum Gasteiger partial charge on any atom is -0.354 e. The molecule has 122 valence electrons. The highest BCUT2D eigenvalue weighted by Crippen LogP contribution is 2.15. The third kappa shape index (κ3) is 4.35. The maximum absolute atomic E-state index is 13.1. The van der Waals surface area contributed by atoms with Gasteiger partial charge in [-0.25, -0.2) is 13.8 Å². The zero-order valence-electron chi connectivity index (χ0n) is 12.6. The average Bonchev–Trinajstić information content (AvgIpc) is 2.53. The molecule has 0 atom stereocenters. The van der Waals surface area contributed by atoms with Gasteiger partial charge >= 0.3 is 0 Å². The van der Waals surface area contributed by atoms with Crippen LogP contribution < -0.4 is 16.0 Å². The van der Waals surface area contributed by atoms with Crippen molar-refractivity contribution in [3.63, 3.8) is 0 Å². The molecule has 0 radical (unpaired) electrons. The van der Waals surface area contributed by atoms with E-state index < -0.39 is 24.9 Å². The highest BCUT2D eigenvalue weighted by atomic mass is 19.3. The Balaban J connectivity index is 2.00. The number of carbonyl (C=O) groups excluding carboxylic acids is 1. The Morgan fingerprint density at radius 1 is 1.41 bits per heavy atom. The average molecular weight is 313 g/mol. The molecule has 2 heterocycles. The molecule has 3 N–H and O–H groups in total. The van der Waals surface area contributed by atoms with Gasteiger partial charge in [0.15, 0.2) is 0 Å². The fraction of sp³-hybridized carbons (Fsp3) is 0.571. The van der Waals surface area contributed by atoms with Gasteiger partial charge in [-0.1, -0.05) is 0 Å². The summed E-state index contributed by atoms with van der Waals surface area (Å²) in [4.78, 5) is 20.5. The highest BCUT2D eigenvalue weighted by Gasteiger charge is 2.27. The number of hydrogen-bond donors (Lipinski definition) is 2. The molecule has 1 aromatic heterocycles. The van der Waals surface area contributed by atoms with Gasteiger partial charge in [0.25, 0.3) is 11.8 Å². The quantitative estimate of drug-likeness (QED) is 0.810. The van der Waals surface area contributed by atoms with Crippen LogP contribution in [0.4, 0.5) is 14.6 Å². The van der Waals surface area contributed by atoms with Crippen LogP contribution in [-0.4, -0.2) is 68.0 Å². The van der Waals surface area contributed by atoms with Crippen LogP contribution in [0.25, 0.3) is 0 Å². The van der Waals surface area contributed by atoms with Gasteiger partial charge < -0.3 is 20.9 Å². The Morgan fingerprint density at radius 2 is 2.09 bits per heavy atom. The molecule has 8 heteroatoms. The number of alkyl halides is 2. The van der Waals surface area contributed by atoms with E-state index in [-0.39, 0.29) is 0 Å². The molecule has 0 saturated carbocycles. The lowest BCUT2D eigenvalue weighted by Crippen LogP contribution is -2.45. The third-order valence-corrected chi connectivity index (χ3v) is 3.64. The lowest BCUT2D eigenvalue weighted by molar-refractivity contribution is 0.0118. The van der Waals surface area contributed by atoms with Crippen molar-refractivity contribution in [3.05, 3.63) is 23.9 Å². The molecule has 2 rings (SSSR count). The Hall–Kier alpha value is -1.80. The van der Waals surface area contributed by atoms with Crippen LogP contribution in [0.15, 0.2) is 18.3 Å². The van der Waals surface area contributed by atoms with Gasteiger partial charge in [-0.15, -0.1) is 0 Å². The summed E-state index contributed by atoms with van der Waals surface area (Å²) < 4.78 is 26.1. The van der Waals surface area contributed by atoms with Gasteiger partial charge in [0.1, 0.15) is 5.82 Å². The molecule has 1 aromatic rings. The van der Waals surface area contributed by atoms with Crippen LogP contribution in [0.2, 0.25) is 0 Å². The summed E-state index contributed by atoms with van der Waals surface area (Å²) in [7, 11) is 2.05. The van der Waals surface area contributed by atoms with Crippen molar-refractivity contribution in [2.45, 2.75) is 5.92 Å². The first kappa shape index (κ1) is 16.6. The minimum atomic E-state index is -3.09. The number of rotatable bonds is 5. The molecule has 0 aliphatic carbocycles. The first-order chi connectivity index (χ1) is 10.4. The summed E-state index contributed by atoms with van der Waals surface area (Å²) in [6.07, 6.45) is 1.52. The van der Waals surface area contributed by atoms with E-state index in [9.17, 15) is 13.6 Å². The predicted molar refractivity (Wildman–Crippen MR) is 80.3 cm³/mol. The van der Waals surface area contributed by atoms with Crippen LogP contribution >= 0.6 is 0 Å². The number of likely N-dealkylation sites (N-methyl/N-ethyl adjacent to an activating group) is 1. The summed E-state index contributed by atoms with van der Waals surface area (Å²) in [6, 6.07) is 3.14. The number of halogens is 2. The Morgan fingerprint density at radius 3 is 2.73 bits per heavy atom. The Kier molecular flexibility index (Phi) is 5.25. The third-order valence-electron chi connectivity index (χ3n) is 3.64. The molecule has 0 unspecified atom stereocenters. The molecule has 1 aliphatic heterocycles. The molecule has 1 fully saturated rings. The minimum absolute atomic E-state index is 0.316. The first-order valence-corrected chi connectivity index (χ1v) is 7.17. The summed E-state index contributed by atoms with van der Waals surface area (Å²) in [5.41, 5.74) is 5.26. The van der Waals surface area contributed by atoms with Crippen LogP contribution in [0.5, 0.6) is 0 Å². The van der Waals surface area contributed by atoms with Gasteiger partial charge in [-0.3, -0.25) is 4.79 Å².